The Balaban J connectivity index is 1.81. The third-order valence-corrected chi connectivity index (χ3v) is 5.30. The van der Waals surface area contributed by atoms with E-state index in [9.17, 15) is 0 Å². The molecule has 0 spiro atoms. The number of nitrogens with zero attached hydrogens (tertiary/aromatic N) is 3. The van der Waals surface area contributed by atoms with Crippen molar-refractivity contribution in [3.63, 3.8) is 0 Å². The number of rotatable bonds is 8. The quantitative estimate of drug-likeness (QED) is 0.409. The van der Waals surface area contributed by atoms with Gasteiger partial charge < -0.3 is 9.47 Å². The van der Waals surface area contributed by atoms with E-state index in [1.165, 1.54) is 0 Å². The van der Waals surface area contributed by atoms with Crippen LogP contribution in [-0.4, -0.2) is 22.1 Å². The van der Waals surface area contributed by atoms with Crippen molar-refractivity contribution in [1.82, 2.24) is 15.0 Å². The van der Waals surface area contributed by atoms with Crippen LogP contribution in [0.2, 0.25) is 0 Å². The van der Waals surface area contributed by atoms with Gasteiger partial charge in [0.1, 0.15) is 11.3 Å². The molecule has 29 heavy (non-hydrogen) atoms. The smallest absolute Gasteiger partial charge is 0.206 e. The first-order valence-corrected chi connectivity index (χ1v) is 9.88. The maximum absolute atomic E-state index is 6.64. The van der Waals surface area contributed by atoms with Crippen LogP contribution in [0.4, 0.5) is 0 Å². The Labute approximate surface area is 170 Å². The molecule has 0 N–H and O–H groups in total. The van der Waals surface area contributed by atoms with Crippen LogP contribution < -0.4 is 4.74 Å². The largest absolute Gasteiger partial charge is 0.466 e. The average molecular weight is 387 g/mol. The van der Waals surface area contributed by atoms with Gasteiger partial charge in [0.2, 0.25) is 5.72 Å². The van der Waals surface area contributed by atoms with E-state index in [2.05, 4.69) is 29.4 Å². The van der Waals surface area contributed by atoms with Gasteiger partial charge in [-0.05, 0) is 29.8 Å². The van der Waals surface area contributed by atoms with Gasteiger partial charge in [-0.25, -0.2) is 4.68 Å². The van der Waals surface area contributed by atoms with Gasteiger partial charge in [-0.15, -0.1) is 5.10 Å². The zero-order chi connectivity index (χ0) is 20.1. The van der Waals surface area contributed by atoms with Gasteiger partial charge in [-0.2, -0.15) is 0 Å². The van der Waals surface area contributed by atoms with Crippen LogP contribution in [0.25, 0.3) is 11.0 Å². The number of methoxy groups -OCH3 is 1. The zero-order valence-corrected chi connectivity index (χ0v) is 16.7. The van der Waals surface area contributed by atoms with Gasteiger partial charge in [0.05, 0.1) is 11.6 Å². The monoisotopic (exact) mass is 387 g/mol. The van der Waals surface area contributed by atoms with E-state index in [0.29, 0.717) is 12.8 Å². The lowest BCUT2D eigenvalue weighted by Crippen LogP contribution is -2.42. The summed E-state index contributed by atoms with van der Waals surface area (Å²) in [7, 11) is 1.74. The van der Waals surface area contributed by atoms with Crippen molar-refractivity contribution in [3.05, 3.63) is 90.5 Å². The van der Waals surface area contributed by atoms with E-state index in [1.807, 2.05) is 77.5 Å². The Morgan fingerprint density at radius 2 is 1.55 bits per heavy atom. The first kappa shape index (κ1) is 19.2. The van der Waals surface area contributed by atoms with Crippen LogP contribution in [0.5, 0.6) is 5.75 Å². The van der Waals surface area contributed by atoms with Gasteiger partial charge in [0.25, 0.3) is 0 Å². The highest BCUT2D eigenvalue weighted by Gasteiger charge is 2.39. The topological polar surface area (TPSA) is 49.2 Å². The van der Waals surface area contributed by atoms with E-state index in [1.54, 1.807) is 7.11 Å². The Hall–Kier alpha value is -3.18. The molecule has 0 amide bonds. The van der Waals surface area contributed by atoms with Gasteiger partial charge in [0.15, 0.2) is 0 Å². The van der Waals surface area contributed by atoms with Crippen molar-refractivity contribution in [1.29, 1.82) is 0 Å². The molecule has 5 nitrogen and oxygen atoms in total. The second-order valence-electron chi connectivity index (χ2n) is 7.04. The molecule has 0 aliphatic rings. The fourth-order valence-corrected chi connectivity index (χ4v) is 3.71. The Bertz CT molecular complexity index is 1050. The average Bonchev–Trinajstić information content (AvgIpc) is 3.23. The lowest BCUT2D eigenvalue weighted by atomic mass is 9.96. The lowest BCUT2D eigenvalue weighted by molar-refractivity contribution is -0.0721. The summed E-state index contributed by atoms with van der Waals surface area (Å²) in [5.74, 6) is 0.789. The fraction of sp³-hybridized carbons (Fsp3) is 0.250. The van der Waals surface area contributed by atoms with Gasteiger partial charge >= 0.3 is 0 Å². The molecule has 1 aromatic heterocycles. The molecule has 0 saturated carbocycles. The Morgan fingerprint density at radius 1 is 0.897 bits per heavy atom. The van der Waals surface area contributed by atoms with Gasteiger partial charge in [-0.1, -0.05) is 72.8 Å². The van der Waals surface area contributed by atoms with Crippen molar-refractivity contribution in [2.75, 3.05) is 7.11 Å². The molecule has 0 bridgehead atoms. The van der Waals surface area contributed by atoms with E-state index >= 15 is 0 Å². The highest BCUT2D eigenvalue weighted by atomic mass is 16.5. The molecule has 0 aliphatic carbocycles. The summed E-state index contributed by atoms with van der Waals surface area (Å²) < 4.78 is 14.4. The molecule has 0 aliphatic heterocycles. The molecule has 4 aromatic rings. The van der Waals surface area contributed by atoms with E-state index in [0.717, 1.165) is 22.3 Å². The van der Waals surface area contributed by atoms with Crippen molar-refractivity contribution < 1.29 is 9.47 Å². The normalized spacial score (nSPS) is 14.4. The summed E-state index contributed by atoms with van der Waals surface area (Å²) in [6, 6.07) is 28.0. The van der Waals surface area contributed by atoms with E-state index < -0.39 is 5.72 Å². The summed E-state index contributed by atoms with van der Waals surface area (Å²) in [5, 5.41) is 8.87. The number of benzene rings is 3. The minimum absolute atomic E-state index is 0.150. The summed E-state index contributed by atoms with van der Waals surface area (Å²) in [4.78, 5) is 0. The molecule has 0 radical (unpaired) electrons. The van der Waals surface area contributed by atoms with E-state index in [4.69, 9.17) is 9.47 Å². The van der Waals surface area contributed by atoms with Crippen molar-refractivity contribution >= 4 is 11.0 Å². The molecule has 4 rings (SSSR count). The van der Waals surface area contributed by atoms with Crippen LogP contribution in [0.1, 0.15) is 31.4 Å². The maximum atomic E-state index is 6.64. The Kier molecular flexibility index (Phi) is 5.58. The Morgan fingerprint density at radius 3 is 2.24 bits per heavy atom. The second-order valence-corrected chi connectivity index (χ2v) is 7.04. The van der Waals surface area contributed by atoms with Crippen molar-refractivity contribution in [2.45, 2.75) is 31.6 Å². The number of aromatic nitrogens is 3. The minimum atomic E-state index is -0.756. The molecule has 3 aromatic carbocycles. The molecular weight excluding hydrogens is 362 g/mol. The maximum Gasteiger partial charge on any atom is 0.206 e. The molecule has 5 heteroatoms. The zero-order valence-electron chi connectivity index (χ0n) is 16.7. The fourth-order valence-electron chi connectivity index (χ4n) is 3.71. The molecule has 0 saturated heterocycles. The third-order valence-electron chi connectivity index (χ3n) is 5.30. The lowest BCUT2D eigenvalue weighted by Gasteiger charge is -2.36. The van der Waals surface area contributed by atoms with Crippen LogP contribution in [-0.2, 0) is 10.5 Å². The van der Waals surface area contributed by atoms with Crippen LogP contribution in [0.15, 0.2) is 84.9 Å². The highest BCUT2D eigenvalue weighted by Crippen LogP contribution is 2.37. The van der Waals surface area contributed by atoms with Crippen molar-refractivity contribution in [2.24, 2.45) is 0 Å². The highest BCUT2D eigenvalue weighted by molar-refractivity contribution is 5.74. The number of ether oxygens (including phenoxy) is 2. The molecule has 2 unspecified atom stereocenters. The predicted molar refractivity (Wildman–Crippen MR) is 114 cm³/mol. The van der Waals surface area contributed by atoms with E-state index in [-0.39, 0.29) is 6.10 Å². The van der Waals surface area contributed by atoms with Gasteiger partial charge in [0, 0.05) is 20.0 Å². The SMILES string of the molecule is CCC(CC(OC)c1ccccc1)(Oc1ccccc1)n1nnc2ccccc21. The van der Waals surface area contributed by atoms with Crippen LogP contribution in [0.3, 0.4) is 0 Å². The number of hydrogen-bond donors (Lipinski definition) is 0. The number of para-hydroxylation sites is 2. The standard InChI is InChI=1S/C24H25N3O2/c1-3-24(29-20-14-8-5-9-15-20,18-23(28-2)19-12-6-4-7-13-19)27-22-17-11-10-16-21(22)25-26-27/h4-17,23H,3,18H2,1-2H3. The molecule has 148 valence electrons. The number of hydrogen-bond acceptors (Lipinski definition) is 4. The van der Waals surface area contributed by atoms with Crippen molar-refractivity contribution in [3.8, 4) is 5.75 Å². The molecule has 1 heterocycles. The van der Waals surface area contributed by atoms with Crippen LogP contribution >= 0.6 is 0 Å². The summed E-state index contributed by atoms with van der Waals surface area (Å²) in [6.45, 7) is 2.11. The summed E-state index contributed by atoms with van der Waals surface area (Å²) in [5.41, 5.74) is 2.13. The molecule has 0 fully saturated rings. The summed E-state index contributed by atoms with van der Waals surface area (Å²) >= 11 is 0. The first-order valence-electron chi connectivity index (χ1n) is 9.88. The molecule has 2 atom stereocenters. The third kappa shape index (κ3) is 3.87. The first-order chi connectivity index (χ1) is 14.3. The summed E-state index contributed by atoms with van der Waals surface area (Å²) in [6.07, 6.45) is 1.14. The van der Waals surface area contributed by atoms with Gasteiger partial charge in [-0.3, -0.25) is 0 Å². The molecular formula is C24H25N3O2. The minimum Gasteiger partial charge on any atom is -0.466 e. The van der Waals surface area contributed by atoms with Crippen LogP contribution in [0, 0.1) is 0 Å². The number of fused-ring (bicyclic) bond motifs is 1. The second kappa shape index (κ2) is 8.45. The predicted octanol–water partition coefficient (Wildman–Crippen LogP) is 5.35.